The summed E-state index contributed by atoms with van der Waals surface area (Å²) in [5, 5.41) is 0.0685. The van der Waals surface area contributed by atoms with Crippen molar-refractivity contribution in [2.45, 2.75) is 5.37 Å². The highest BCUT2D eigenvalue weighted by Crippen LogP contribution is 2.45. The molecule has 2 aromatic carbocycles. The van der Waals surface area contributed by atoms with Crippen molar-refractivity contribution in [2.75, 3.05) is 10.7 Å². The number of hydrogen-bond donors (Lipinski definition) is 0. The van der Waals surface area contributed by atoms with Crippen LogP contribution in [0.15, 0.2) is 46.9 Å². The van der Waals surface area contributed by atoms with Gasteiger partial charge in [0.15, 0.2) is 0 Å². The first kappa shape index (κ1) is 14.9. The lowest BCUT2D eigenvalue weighted by Gasteiger charge is -2.26. The number of thioether (sulfide) groups is 1. The van der Waals surface area contributed by atoms with Gasteiger partial charge in [-0.1, -0.05) is 45.7 Å². The molecule has 0 N–H and O–H groups in total. The number of carbonyl (C=O) groups excluding carboxylic acids is 1. The molecule has 0 aliphatic carbocycles. The van der Waals surface area contributed by atoms with Gasteiger partial charge in [0.05, 0.1) is 16.5 Å². The molecule has 0 aromatic heterocycles. The standard InChI is InChI=1S/C15H10BrClFNOS/c16-11-4-2-1-3-10(11)15-19(14(20)8-21-15)13-6-5-9(18)7-12(13)17/h1-7,15H,8H2. The minimum atomic E-state index is -0.416. The number of carbonyl (C=O) groups is 1. The first-order valence-corrected chi connectivity index (χ1v) is 8.43. The molecule has 1 amide bonds. The van der Waals surface area contributed by atoms with E-state index in [9.17, 15) is 9.18 Å². The second-order valence-corrected chi connectivity index (χ2v) is 6.87. The van der Waals surface area contributed by atoms with Crippen LogP contribution >= 0.6 is 39.3 Å². The first-order chi connectivity index (χ1) is 10.1. The van der Waals surface area contributed by atoms with Crippen LogP contribution in [0.4, 0.5) is 10.1 Å². The quantitative estimate of drug-likeness (QED) is 0.722. The largest absolute Gasteiger partial charge is 0.294 e. The maximum atomic E-state index is 13.2. The second kappa shape index (κ2) is 5.99. The van der Waals surface area contributed by atoms with Crippen molar-refractivity contribution in [3.8, 4) is 0 Å². The van der Waals surface area contributed by atoms with E-state index < -0.39 is 5.82 Å². The molecule has 1 saturated heterocycles. The molecule has 1 aliphatic heterocycles. The summed E-state index contributed by atoms with van der Waals surface area (Å²) in [4.78, 5) is 13.9. The van der Waals surface area contributed by atoms with E-state index in [0.29, 0.717) is 11.4 Å². The lowest BCUT2D eigenvalue weighted by Crippen LogP contribution is -2.28. The van der Waals surface area contributed by atoms with Gasteiger partial charge in [-0.25, -0.2) is 4.39 Å². The topological polar surface area (TPSA) is 20.3 Å². The van der Waals surface area contributed by atoms with Crippen LogP contribution in [-0.4, -0.2) is 11.7 Å². The number of amides is 1. The Bertz CT molecular complexity index is 712. The second-order valence-electron chi connectivity index (χ2n) is 4.54. The highest BCUT2D eigenvalue weighted by molar-refractivity contribution is 9.10. The number of anilines is 1. The summed E-state index contributed by atoms with van der Waals surface area (Å²) < 4.78 is 14.1. The minimum absolute atomic E-state index is 0.0331. The smallest absolute Gasteiger partial charge is 0.238 e. The lowest BCUT2D eigenvalue weighted by atomic mass is 10.2. The number of nitrogens with zero attached hydrogens (tertiary/aromatic N) is 1. The molecule has 1 atom stereocenters. The zero-order chi connectivity index (χ0) is 15.0. The van der Waals surface area contributed by atoms with Crippen molar-refractivity contribution >= 4 is 50.9 Å². The van der Waals surface area contributed by atoms with E-state index in [4.69, 9.17) is 11.6 Å². The van der Waals surface area contributed by atoms with Crippen molar-refractivity contribution in [3.63, 3.8) is 0 Å². The third-order valence-electron chi connectivity index (χ3n) is 3.21. The molecule has 1 aliphatic rings. The van der Waals surface area contributed by atoms with Crippen LogP contribution in [0.5, 0.6) is 0 Å². The summed E-state index contributed by atoms with van der Waals surface area (Å²) in [6.45, 7) is 0. The van der Waals surface area contributed by atoms with E-state index in [2.05, 4.69) is 15.9 Å². The molecule has 0 radical (unpaired) electrons. The van der Waals surface area contributed by atoms with Gasteiger partial charge in [0, 0.05) is 4.47 Å². The fourth-order valence-corrected chi connectivity index (χ4v) is 4.38. The third kappa shape index (κ3) is 2.82. The molecule has 0 saturated carbocycles. The average molecular weight is 387 g/mol. The Kier molecular flexibility index (Phi) is 4.24. The first-order valence-electron chi connectivity index (χ1n) is 6.21. The molecule has 6 heteroatoms. The summed E-state index contributed by atoms with van der Waals surface area (Å²) in [5.74, 6) is -0.0746. The summed E-state index contributed by atoms with van der Waals surface area (Å²) in [7, 11) is 0. The average Bonchev–Trinajstić information content (AvgIpc) is 2.81. The molecular formula is C15H10BrClFNOS. The molecule has 21 heavy (non-hydrogen) atoms. The van der Waals surface area contributed by atoms with Gasteiger partial charge < -0.3 is 0 Å². The van der Waals surface area contributed by atoms with Crippen LogP contribution in [0, 0.1) is 5.82 Å². The van der Waals surface area contributed by atoms with Gasteiger partial charge in [0.25, 0.3) is 0 Å². The van der Waals surface area contributed by atoms with Gasteiger partial charge in [-0.05, 0) is 29.8 Å². The highest BCUT2D eigenvalue weighted by atomic mass is 79.9. The van der Waals surface area contributed by atoms with E-state index >= 15 is 0 Å². The Labute approximate surface area is 139 Å². The van der Waals surface area contributed by atoms with Gasteiger partial charge in [-0.3, -0.25) is 9.69 Å². The van der Waals surface area contributed by atoms with Crippen molar-refractivity contribution in [3.05, 3.63) is 63.3 Å². The molecular weight excluding hydrogens is 377 g/mol. The molecule has 1 unspecified atom stereocenters. The van der Waals surface area contributed by atoms with E-state index in [1.165, 1.54) is 23.9 Å². The summed E-state index contributed by atoms with van der Waals surface area (Å²) in [5.41, 5.74) is 1.53. The Balaban J connectivity index is 2.06. The van der Waals surface area contributed by atoms with E-state index in [1.54, 1.807) is 11.0 Å². The van der Waals surface area contributed by atoms with E-state index in [0.717, 1.165) is 10.0 Å². The van der Waals surface area contributed by atoms with Gasteiger partial charge in [0.1, 0.15) is 11.2 Å². The molecule has 1 heterocycles. The lowest BCUT2D eigenvalue weighted by molar-refractivity contribution is -0.115. The Morgan fingerprint density at radius 3 is 2.76 bits per heavy atom. The molecule has 3 rings (SSSR count). The zero-order valence-electron chi connectivity index (χ0n) is 10.7. The van der Waals surface area contributed by atoms with Crippen molar-refractivity contribution in [1.82, 2.24) is 0 Å². The molecule has 0 bridgehead atoms. The van der Waals surface area contributed by atoms with Crippen molar-refractivity contribution in [2.24, 2.45) is 0 Å². The summed E-state index contributed by atoms with van der Waals surface area (Å²) >= 11 is 11.2. The maximum absolute atomic E-state index is 13.2. The number of benzene rings is 2. The number of hydrogen-bond acceptors (Lipinski definition) is 2. The normalized spacial score (nSPS) is 18.3. The summed E-state index contributed by atoms with van der Waals surface area (Å²) in [6, 6.07) is 11.8. The van der Waals surface area contributed by atoms with Gasteiger partial charge in [-0.15, -0.1) is 11.8 Å². The van der Waals surface area contributed by atoms with Gasteiger partial charge >= 0.3 is 0 Å². The molecule has 2 nitrogen and oxygen atoms in total. The van der Waals surface area contributed by atoms with Gasteiger partial charge in [-0.2, -0.15) is 0 Å². The predicted molar refractivity (Wildman–Crippen MR) is 88.2 cm³/mol. The van der Waals surface area contributed by atoms with Crippen LogP contribution in [0.1, 0.15) is 10.9 Å². The minimum Gasteiger partial charge on any atom is -0.294 e. The van der Waals surface area contributed by atoms with E-state index in [1.807, 2.05) is 24.3 Å². The van der Waals surface area contributed by atoms with E-state index in [-0.39, 0.29) is 16.3 Å². The highest BCUT2D eigenvalue weighted by Gasteiger charge is 2.36. The molecule has 1 fully saturated rings. The van der Waals surface area contributed by atoms with Crippen LogP contribution in [0.25, 0.3) is 0 Å². The maximum Gasteiger partial charge on any atom is 0.238 e. The van der Waals surface area contributed by atoms with Crippen molar-refractivity contribution in [1.29, 1.82) is 0 Å². The number of rotatable bonds is 2. The number of halogens is 3. The van der Waals surface area contributed by atoms with Gasteiger partial charge in [0.2, 0.25) is 5.91 Å². The van der Waals surface area contributed by atoms with Crippen LogP contribution < -0.4 is 4.90 Å². The Morgan fingerprint density at radius 2 is 2.05 bits per heavy atom. The Morgan fingerprint density at radius 1 is 1.29 bits per heavy atom. The SMILES string of the molecule is O=C1CSC(c2ccccc2Br)N1c1ccc(F)cc1Cl. The zero-order valence-corrected chi connectivity index (χ0v) is 13.9. The Hall–Kier alpha value is -1.04. The van der Waals surface area contributed by atoms with Crippen LogP contribution in [0.3, 0.4) is 0 Å². The molecule has 0 spiro atoms. The van der Waals surface area contributed by atoms with Crippen LogP contribution in [-0.2, 0) is 4.79 Å². The fourth-order valence-electron chi connectivity index (χ4n) is 2.27. The molecule has 2 aromatic rings. The summed E-state index contributed by atoms with van der Waals surface area (Å²) in [6.07, 6.45) is 0. The van der Waals surface area contributed by atoms with Crippen LogP contribution in [0.2, 0.25) is 5.02 Å². The third-order valence-corrected chi connectivity index (χ3v) is 5.43. The monoisotopic (exact) mass is 385 g/mol. The van der Waals surface area contributed by atoms with Crippen molar-refractivity contribution < 1.29 is 9.18 Å². The molecule has 108 valence electrons. The fraction of sp³-hybridized carbons (Fsp3) is 0.133. The predicted octanol–water partition coefficient (Wildman–Crippen LogP) is 5.02.